The fourth-order valence-electron chi connectivity index (χ4n) is 3.16. The largest absolute Gasteiger partial charge is 0.488 e. The van der Waals surface area contributed by atoms with Crippen LogP contribution in [0.4, 0.5) is 10.2 Å². The molecule has 1 aromatic heterocycles. The van der Waals surface area contributed by atoms with Crippen LogP contribution in [0, 0.1) is 5.82 Å². The second-order valence-electron chi connectivity index (χ2n) is 7.61. The third-order valence-corrected chi connectivity index (χ3v) is 5.03. The van der Waals surface area contributed by atoms with E-state index in [0.717, 1.165) is 12.5 Å². The Bertz CT molecular complexity index is 1150. The molecule has 4 rings (SSSR count). The SMILES string of the molecule is C[C@@H](CO)Oc1cc(Oc2ccc(C(=O)N3CCC3)cc2F)cc(C(=O)Nc2cc[nH]n2)c1. The molecule has 1 saturated heterocycles. The average molecular weight is 454 g/mol. The molecular weight excluding hydrogens is 431 g/mol. The van der Waals surface area contributed by atoms with Crippen molar-refractivity contribution in [3.05, 3.63) is 65.6 Å². The van der Waals surface area contributed by atoms with Crippen molar-refractivity contribution >= 4 is 17.6 Å². The number of aliphatic hydroxyl groups is 1. The lowest BCUT2D eigenvalue weighted by atomic mass is 10.1. The first-order chi connectivity index (χ1) is 15.9. The topological polar surface area (TPSA) is 117 Å². The molecule has 0 aliphatic carbocycles. The van der Waals surface area contributed by atoms with E-state index in [0.29, 0.717) is 18.9 Å². The van der Waals surface area contributed by atoms with Crippen LogP contribution in [0.2, 0.25) is 0 Å². The van der Waals surface area contributed by atoms with Crippen LogP contribution in [0.5, 0.6) is 17.2 Å². The highest BCUT2D eigenvalue weighted by Gasteiger charge is 2.23. The minimum atomic E-state index is -0.709. The smallest absolute Gasteiger partial charge is 0.257 e. The number of ether oxygens (including phenoxy) is 2. The maximum atomic E-state index is 14.7. The Labute approximate surface area is 189 Å². The number of aromatic amines is 1. The molecule has 0 bridgehead atoms. The summed E-state index contributed by atoms with van der Waals surface area (Å²) in [5, 5.41) is 18.4. The molecule has 33 heavy (non-hydrogen) atoms. The summed E-state index contributed by atoms with van der Waals surface area (Å²) in [6, 6.07) is 9.98. The van der Waals surface area contributed by atoms with Crippen molar-refractivity contribution in [2.45, 2.75) is 19.4 Å². The van der Waals surface area contributed by atoms with Crippen LogP contribution in [0.1, 0.15) is 34.1 Å². The number of H-pyrrole nitrogens is 1. The molecule has 1 atom stereocenters. The van der Waals surface area contributed by atoms with Crippen LogP contribution < -0.4 is 14.8 Å². The van der Waals surface area contributed by atoms with E-state index in [4.69, 9.17) is 9.47 Å². The number of rotatable bonds is 8. The number of hydrogen-bond acceptors (Lipinski definition) is 6. The molecule has 3 aromatic rings. The molecule has 172 valence electrons. The van der Waals surface area contributed by atoms with E-state index in [9.17, 15) is 19.1 Å². The summed E-state index contributed by atoms with van der Waals surface area (Å²) in [4.78, 5) is 26.6. The van der Waals surface area contributed by atoms with Crippen LogP contribution in [-0.2, 0) is 0 Å². The van der Waals surface area contributed by atoms with Gasteiger partial charge in [-0.15, -0.1) is 0 Å². The zero-order valence-electron chi connectivity index (χ0n) is 17.9. The number of carbonyl (C=O) groups excluding carboxylic acids is 2. The number of benzene rings is 2. The van der Waals surface area contributed by atoms with Gasteiger partial charge in [-0.25, -0.2) is 4.39 Å². The fourth-order valence-corrected chi connectivity index (χ4v) is 3.16. The molecule has 1 aliphatic rings. The van der Waals surface area contributed by atoms with Gasteiger partial charge in [-0.3, -0.25) is 14.7 Å². The lowest BCUT2D eigenvalue weighted by molar-refractivity contribution is 0.0651. The van der Waals surface area contributed by atoms with Gasteiger partial charge in [0.05, 0.1) is 6.61 Å². The Morgan fingerprint density at radius 2 is 1.97 bits per heavy atom. The van der Waals surface area contributed by atoms with Crippen LogP contribution in [0.3, 0.4) is 0 Å². The molecule has 1 fully saturated rings. The molecule has 2 amide bonds. The van der Waals surface area contributed by atoms with Gasteiger partial charge in [0.25, 0.3) is 11.8 Å². The van der Waals surface area contributed by atoms with Gasteiger partial charge in [0, 0.05) is 42.5 Å². The van der Waals surface area contributed by atoms with E-state index in [1.165, 1.54) is 30.3 Å². The monoisotopic (exact) mass is 454 g/mol. The number of aromatic nitrogens is 2. The summed E-state index contributed by atoms with van der Waals surface area (Å²) in [5.74, 6) is -0.801. The van der Waals surface area contributed by atoms with Crippen molar-refractivity contribution < 1.29 is 28.6 Å². The summed E-state index contributed by atoms with van der Waals surface area (Å²) in [7, 11) is 0. The van der Waals surface area contributed by atoms with Crippen LogP contribution in [0.15, 0.2) is 48.7 Å². The fraction of sp³-hybridized carbons (Fsp3) is 0.261. The van der Waals surface area contributed by atoms with Gasteiger partial charge in [0.1, 0.15) is 17.6 Å². The number of amides is 2. The number of hydrogen-bond donors (Lipinski definition) is 3. The molecule has 0 saturated carbocycles. The highest BCUT2D eigenvalue weighted by atomic mass is 19.1. The van der Waals surface area contributed by atoms with E-state index in [1.54, 1.807) is 24.1 Å². The highest BCUT2D eigenvalue weighted by molar-refractivity contribution is 6.04. The Hall–Kier alpha value is -3.92. The Kier molecular flexibility index (Phi) is 6.55. The third-order valence-electron chi connectivity index (χ3n) is 5.03. The Morgan fingerprint density at radius 3 is 2.61 bits per heavy atom. The van der Waals surface area contributed by atoms with Gasteiger partial charge < -0.3 is 24.8 Å². The number of carbonyl (C=O) groups is 2. The van der Waals surface area contributed by atoms with E-state index in [-0.39, 0.29) is 40.9 Å². The maximum absolute atomic E-state index is 14.7. The molecule has 2 heterocycles. The van der Waals surface area contributed by atoms with Gasteiger partial charge in [0.2, 0.25) is 0 Å². The van der Waals surface area contributed by atoms with Crippen molar-refractivity contribution in [1.29, 1.82) is 0 Å². The summed E-state index contributed by atoms with van der Waals surface area (Å²) >= 11 is 0. The number of nitrogens with one attached hydrogen (secondary N) is 2. The summed E-state index contributed by atoms with van der Waals surface area (Å²) in [6.45, 7) is 2.76. The Morgan fingerprint density at radius 1 is 1.18 bits per heavy atom. The summed E-state index contributed by atoms with van der Waals surface area (Å²) in [6.07, 6.45) is 1.97. The molecular formula is C23H23FN4O5. The molecule has 9 nitrogen and oxygen atoms in total. The van der Waals surface area contributed by atoms with Crippen LogP contribution in [-0.4, -0.2) is 57.8 Å². The molecule has 2 aromatic carbocycles. The van der Waals surface area contributed by atoms with Gasteiger partial charge >= 0.3 is 0 Å². The van der Waals surface area contributed by atoms with Gasteiger partial charge in [0.15, 0.2) is 17.4 Å². The molecule has 0 unspecified atom stereocenters. The minimum absolute atomic E-state index is 0.110. The second kappa shape index (κ2) is 9.70. The average Bonchev–Trinajstić information content (AvgIpc) is 3.26. The number of nitrogens with zero attached hydrogens (tertiary/aromatic N) is 2. The first-order valence-electron chi connectivity index (χ1n) is 10.4. The van der Waals surface area contributed by atoms with E-state index in [1.807, 2.05) is 0 Å². The van der Waals surface area contributed by atoms with Crippen molar-refractivity contribution in [3.63, 3.8) is 0 Å². The first-order valence-corrected chi connectivity index (χ1v) is 10.4. The predicted octanol–water partition coefficient (Wildman–Crippen LogP) is 3.20. The highest BCUT2D eigenvalue weighted by Crippen LogP contribution is 2.31. The summed E-state index contributed by atoms with van der Waals surface area (Å²) < 4.78 is 26.0. The molecule has 3 N–H and O–H groups in total. The van der Waals surface area contributed by atoms with Crippen LogP contribution >= 0.6 is 0 Å². The number of aliphatic hydroxyl groups excluding tert-OH is 1. The van der Waals surface area contributed by atoms with E-state index < -0.39 is 17.8 Å². The van der Waals surface area contributed by atoms with Crippen molar-refractivity contribution in [2.24, 2.45) is 0 Å². The lowest BCUT2D eigenvalue weighted by Crippen LogP contribution is -2.42. The first kappa shape index (κ1) is 22.3. The van der Waals surface area contributed by atoms with Crippen molar-refractivity contribution in [2.75, 3.05) is 25.0 Å². The lowest BCUT2D eigenvalue weighted by Gasteiger charge is -2.30. The predicted molar refractivity (Wildman–Crippen MR) is 117 cm³/mol. The number of likely N-dealkylation sites (tertiary alicyclic amines) is 1. The zero-order valence-corrected chi connectivity index (χ0v) is 17.9. The van der Waals surface area contributed by atoms with Crippen molar-refractivity contribution in [3.8, 4) is 17.2 Å². The normalized spacial score (nSPS) is 13.7. The third kappa shape index (κ3) is 5.29. The molecule has 0 radical (unpaired) electrons. The van der Waals surface area contributed by atoms with E-state index >= 15 is 0 Å². The standard InChI is InChI=1S/C23H23FN4O5/c1-14(13-29)32-17-9-16(22(30)26-21-5-6-25-27-21)10-18(12-17)33-20-4-3-15(11-19(20)24)23(31)28-7-2-8-28/h3-6,9-12,14,29H,2,7-8,13H2,1H3,(H2,25,26,27,30)/t14-/m0/s1. The van der Waals surface area contributed by atoms with Gasteiger partial charge in [-0.05, 0) is 43.7 Å². The quantitative estimate of drug-likeness (QED) is 0.481. The zero-order chi connectivity index (χ0) is 23.4. The van der Waals surface area contributed by atoms with Gasteiger partial charge in [-0.2, -0.15) is 5.10 Å². The molecule has 0 spiro atoms. The second-order valence-corrected chi connectivity index (χ2v) is 7.61. The number of halogens is 1. The maximum Gasteiger partial charge on any atom is 0.257 e. The van der Waals surface area contributed by atoms with E-state index in [2.05, 4.69) is 15.5 Å². The minimum Gasteiger partial charge on any atom is -0.488 e. The summed E-state index contributed by atoms with van der Waals surface area (Å²) in [5.41, 5.74) is 0.424. The Balaban J connectivity index is 1.58. The van der Waals surface area contributed by atoms with Crippen LogP contribution in [0.25, 0.3) is 0 Å². The number of anilines is 1. The molecule has 10 heteroatoms. The van der Waals surface area contributed by atoms with Gasteiger partial charge in [-0.1, -0.05) is 0 Å². The molecule has 1 aliphatic heterocycles. The van der Waals surface area contributed by atoms with Crippen molar-refractivity contribution in [1.82, 2.24) is 15.1 Å².